The zero-order chi connectivity index (χ0) is 26.1. The summed E-state index contributed by atoms with van der Waals surface area (Å²) in [5.74, 6) is -0.0946. The molecule has 11 heteroatoms. The van der Waals surface area contributed by atoms with Crippen molar-refractivity contribution in [2.24, 2.45) is 5.92 Å². The van der Waals surface area contributed by atoms with Gasteiger partial charge in [-0.15, -0.1) is 0 Å². The summed E-state index contributed by atoms with van der Waals surface area (Å²) >= 11 is 0. The van der Waals surface area contributed by atoms with E-state index in [1.807, 2.05) is 17.6 Å². The Hall–Kier alpha value is -3.99. The van der Waals surface area contributed by atoms with Crippen molar-refractivity contribution in [1.82, 2.24) is 19.1 Å². The largest absolute Gasteiger partial charge is 0.478 e. The van der Waals surface area contributed by atoms with Gasteiger partial charge in [0.25, 0.3) is 0 Å². The Labute approximate surface area is 208 Å². The summed E-state index contributed by atoms with van der Waals surface area (Å²) < 4.78 is 9.07. The van der Waals surface area contributed by atoms with Crippen LogP contribution in [0.3, 0.4) is 0 Å². The zero-order valence-corrected chi connectivity index (χ0v) is 20.4. The molecule has 1 unspecified atom stereocenters. The fraction of sp³-hybridized carbons (Fsp3) is 0.400. The highest BCUT2D eigenvalue weighted by atomic mass is 16.5. The average molecular weight is 498 g/mol. The van der Waals surface area contributed by atoms with Crippen molar-refractivity contribution in [1.29, 1.82) is 0 Å². The fourth-order valence-electron chi connectivity index (χ4n) is 4.01. The lowest BCUT2D eigenvalue weighted by molar-refractivity contribution is -0.134. The van der Waals surface area contributed by atoms with Gasteiger partial charge < -0.3 is 20.3 Å². The molecule has 11 nitrogen and oxygen atoms in total. The molecule has 1 aromatic carbocycles. The molecule has 0 aliphatic carbocycles. The standard InChI is InChI=1S/C21H27N5O2.C4H4O4/c1-3-10-25-20-18(23-17(24-20)14-28-4-2)19-22-12-16(13-26(19)21(25)27)11-15-8-6-5-7-9-15;5-3(6)1-2-4(7)8/h5-9,16,22H,3-4,10-14H2,1-2H3;1-2H,(H,5,6)(H,7,8). The van der Waals surface area contributed by atoms with Crippen molar-refractivity contribution in [2.45, 2.75) is 46.4 Å². The molecule has 36 heavy (non-hydrogen) atoms. The van der Waals surface area contributed by atoms with Gasteiger partial charge in [0.05, 0.1) is 0 Å². The third-order valence-corrected chi connectivity index (χ3v) is 5.52. The Morgan fingerprint density at radius 3 is 2.44 bits per heavy atom. The molecule has 1 aromatic rings. The zero-order valence-electron chi connectivity index (χ0n) is 20.4. The Morgan fingerprint density at radius 2 is 1.83 bits per heavy atom. The maximum absolute atomic E-state index is 13.2. The van der Waals surface area contributed by atoms with E-state index in [-0.39, 0.29) is 5.69 Å². The van der Waals surface area contributed by atoms with Gasteiger partial charge in [0, 0.05) is 38.4 Å². The molecule has 3 aliphatic rings. The first-order chi connectivity index (χ1) is 17.3. The van der Waals surface area contributed by atoms with Crippen LogP contribution in [0.4, 0.5) is 5.82 Å². The number of carboxylic acids is 2. The van der Waals surface area contributed by atoms with E-state index in [1.165, 1.54) is 5.56 Å². The number of ether oxygens (including phenoxy) is 1. The Kier molecular flexibility index (Phi) is 9.34. The van der Waals surface area contributed by atoms with Crippen LogP contribution in [-0.2, 0) is 40.4 Å². The Balaban J connectivity index is 0.000000392. The molecule has 0 aromatic heterocycles. The number of hydrogen-bond acceptors (Lipinski definition) is 7. The number of carbonyl (C=O) groups is 2. The van der Waals surface area contributed by atoms with E-state index in [9.17, 15) is 14.4 Å². The van der Waals surface area contributed by atoms with Crippen LogP contribution in [0.5, 0.6) is 0 Å². The predicted molar refractivity (Wildman–Crippen MR) is 133 cm³/mol. The number of hydrogen-bond donors (Lipinski definition) is 3. The summed E-state index contributed by atoms with van der Waals surface area (Å²) in [7, 11) is 0. The van der Waals surface area contributed by atoms with Crippen LogP contribution in [0.2, 0.25) is 0 Å². The summed E-state index contributed by atoms with van der Waals surface area (Å²) in [5, 5.41) is 19.1. The minimum Gasteiger partial charge on any atom is -0.478 e. The summed E-state index contributed by atoms with van der Waals surface area (Å²) in [6.07, 6.45) is 2.92. The van der Waals surface area contributed by atoms with Crippen molar-refractivity contribution in [2.75, 3.05) is 18.5 Å². The van der Waals surface area contributed by atoms with E-state index in [4.69, 9.17) is 14.9 Å². The van der Waals surface area contributed by atoms with Gasteiger partial charge in [0.1, 0.15) is 18.1 Å². The van der Waals surface area contributed by atoms with E-state index in [0.29, 0.717) is 56.0 Å². The van der Waals surface area contributed by atoms with Crippen molar-refractivity contribution in [3.05, 3.63) is 64.4 Å². The van der Waals surface area contributed by atoms with Gasteiger partial charge in [-0.2, -0.15) is 0 Å². The van der Waals surface area contributed by atoms with E-state index in [2.05, 4.69) is 46.5 Å². The van der Waals surface area contributed by atoms with Crippen molar-refractivity contribution in [3.8, 4) is 11.5 Å². The molecule has 3 heterocycles. The number of anilines is 1. The molecule has 3 N–H and O–H groups in total. The van der Waals surface area contributed by atoms with E-state index < -0.39 is 11.9 Å². The molecule has 0 spiro atoms. The highest BCUT2D eigenvalue weighted by Crippen LogP contribution is 2.30. The van der Waals surface area contributed by atoms with Crippen LogP contribution in [0, 0.1) is 5.92 Å². The van der Waals surface area contributed by atoms with Gasteiger partial charge in [0.15, 0.2) is 11.6 Å². The van der Waals surface area contributed by atoms with Gasteiger partial charge in [-0.3, -0.25) is 9.13 Å². The second-order valence-corrected chi connectivity index (χ2v) is 8.29. The number of nitrogens with one attached hydrogen (secondary N) is 1. The number of fused-ring (bicyclic) bond motifs is 3. The number of rotatable bonds is 9. The Bertz CT molecular complexity index is 1220. The van der Waals surface area contributed by atoms with Gasteiger partial charge in [0.2, 0.25) is 0 Å². The molecule has 0 saturated heterocycles. The monoisotopic (exact) mass is 497 g/mol. The minimum absolute atomic E-state index is 0.0162. The second-order valence-electron chi connectivity index (χ2n) is 8.29. The third kappa shape index (κ3) is 6.79. The summed E-state index contributed by atoms with van der Waals surface area (Å²) in [6, 6.07) is 10.4. The van der Waals surface area contributed by atoms with Crippen LogP contribution >= 0.6 is 0 Å². The van der Waals surface area contributed by atoms with Gasteiger partial charge in [-0.05, 0) is 31.2 Å². The summed E-state index contributed by atoms with van der Waals surface area (Å²) in [6.45, 7) is 7.11. The predicted octanol–water partition coefficient (Wildman–Crippen LogP) is 2.49. The molecular weight excluding hydrogens is 466 g/mol. The maximum Gasteiger partial charge on any atom is 0.331 e. The Morgan fingerprint density at radius 1 is 1.14 bits per heavy atom. The molecule has 0 amide bonds. The quantitative estimate of drug-likeness (QED) is 0.379. The second kappa shape index (κ2) is 12.6. The number of aromatic nitrogens is 4. The lowest BCUT2D eigenvalue weighted by Crippen LogP contribution is -2.41. The first kappa shape index (κ1) is 26.6. The average Bonchev–Trinajstić information content (AvgIpc) is 3.29. The van der Waals surface area contributed by atoms with Crippen LogP contribution in [0.15, 0.2) is 47.3 Å². The number of carboxylic acid groups (broad SMARTS) is 2. The van der Waals surface area contributed by atoms with E-state index in [0.717, 1.165) is 30.9 Å². The number of nitrogens with zero attached hydrogens (tertiary/aromatic N) is 4. The number of imidazole rings is 1. The van der Waals surface area contributed by atoms with Crippen molar-refractivity contribution in [3.63, 3.8) is 0 Å². The van der Waals surface area contributed by atoms with Gasteiger partial charge in [-0.25, -0.2) is 24.4 Å². The maximum atomic E-state index is 13.2. The minimum atomic E-state index is -1.26. The van der Waals surface area contributed by atoms with E-state index in [1.54, 1.807) is 4.57 Å². The molecule has 3 aliphatic heterocycles. The third-order valence-electron chi connectivity index (χ3n) is 5.52. The molecule has 0 saturated carbocycles. The van der Waals surface area contributed by atoms with Crippen molar-refractivity contribution < 1.29 is 24.5 Å². The number of benzene rings is 1. The van der Waals surface area contributed by atoms with Crippen LogP contribution in [0.1, 0.15) is 31.7 Å². The smallest absolute Gasteiger partial charge is 0.331 e. The van der Waals surface area contributed by atoms with Crippen LogP contribution in [-0.4, -0.2) is 54.4 Å². The highest BCUT2D eigenvalue weighted by Gasteiger charge is 2.29. The lowest BCUT2D eigenvalue weighted by Gasteiger charge is -2.29. The molecule has 0 bridgehead atoms. The molecule has 192 valence electrons. The van der Waals surface area contributed by atoms with Crippen molar-refractivity contribution >= 4 is 17.8 Å². The summed E-state index contributed by atoms with van der Waals surface area (Å²) in [4.78, 5) is 41.6. The molecule has 1 atom stereocenters. The van der Waals surface area contributed by atoms with Gasteiger partial charge in [-0.1, -0.05) is 37.3 Å². The lowest BCUT2D eigenvalue weighted by atomic mass is 9.97. The normalized spacial score (nSPS) is 14.7. The van der Waals surface area contributed by atoms with E-state index >= 15 is 0 Å². The SMILES string of the molecule is CCCn1c2nc(COCC)nc-2c2n(c1=O)CC(Cc1ccccc1)CN2.O=C(O)C=CC(=O)O. The highest BCUT2D eigenvalue weighted by molar-refractivity contribution is 5.89. The molecule has 4 rings (SSSR count). The first-order valence-corrected chi connectivity index (χ1v) is 11.8. The van der Waals surface area contributed by atoms with Gasteiger partial charge >= 0.3 is 17.6 Å². The fourth-order valence-corrected chi connectivity index (χ4v) is 4.01. The topological polar surface area (TPSA) is 149 Å². The summed E-state index contributed by atoms with van der Waals surface area (Å²) in [5.41, 5.74) is 2.04. The van der Waals surface area contributed by atoms with Crippen LogP contribution < -0.4 is 11.0 Å². The molecule has 0 fully saturated rings. The molecular formula is C25H31N5O6. The van der Waals surface area contributed by atoms with Crippen LogP contribution in [0.25, 0.3) is 11.5 Å². The first-order valence-electron chi connectivity index (χ1n) is 11.8. The number of aliphatic carboxylic acids is 2. The molecule has 0 radical (unpaired) electrons.